The lowest BCUT2D eigenvalue weighted by atomic mass is 9.92. The Balaban J connectivity index is 0.000000279. The average Bonchev–Trinajstić information content (AvgIpc) is 3.47. The summed E-state index contributed by atoms with van der Waals surface area (Å²) in [7, 11) is 0. The average molecular weight is 519 g/mol. The molecule has 0 aromatic heterocycles. The van der Waals surface area contributed by atoms with E-state index in [0.29, 0.717) is 17.8 Å². The topological polar surface area (TPSA) is 27.0 Å². The van der Waals surface area contributed by atoms with Gasteiger partial charge >= 0.3 is 0 Å². The van der Waals surface area contributed by atoms with E-state index >= 15 is 0 Å². The smallest absolute Gasteiger partial charge is 0.126 e. The molecule has 4 rings (SSSR count). The van der Waals surface area contributed by atoms with Crippen LogP contribution in [0.2, 0.25) is 0 Å². The largest absolute Gasteiger partial charge is 0.372 e. The predicted octanol–water partition coefficient (Wildman–Crippen LogP) is 10.5. The van der Waals surface area contributed by atoms with Gasteiger partial charge in [0.2, 0.25) is 0 Å². The Morgan fingerprint density at radius 1 is 0.789 bits per heavy atom. The van der Waals surface area contributed by atoms with Crippen LogP contribution in [0.25, 0.3) is 0 Å². The Labute approximate surface area is 233 Å². The number of hydrogen-bond donors (Lipinski definition) is 0. The molecule has 0 amide bonds. The van der Waals surface area contributed by atoms with Crippen LogP contribution in [-0.4, -0.2) is 13.1 Å². The van der Waals surface area contributed by atoms with Crippen molar-refractivity contribution < 1.29 is 4.39 Å². The summed E-state index contributed by atoms with van der Waals surface area (Å²) in [6, 6.07) is 16.6. The molecule has 1 aliphatic heterocycles. The van der Waals surface area contributed by atoms with Crippen LogP contribution in [-0.2, 0) is 0 Å². The molecule has 1 fully saturated rings. The van der Waals surface area contributed by atoms with Gasteiger partial charge in [-0.05, 0) is 91.3 Å². The van der Waals surface area contributed by atoms with Crippen molar-refractivity contribution in [3.05, 3.63) is 88.3 Å². The fourth-order valence-electron chi connectivity index (χ4n) is 4.25. The molecule has 0 atom stereocenters. The zero-order valence-corrected chi connectivity index (χ0v) is 25.4. The lowest BCUT2D eigenvalue weighted by molar-refractivity contribution is 0.614. The summed E-state index contributed by atoms with van der Waals surface area (Å²) in [5, 5.41) is 8.57. The first-order chi connectivity index (χ1) is 18.1. The van der Waals surface area contributed by atoms with Gasteiger partial charge in [-0.25, -0.2) is 4.39 Å². The second-order valence-electron chi connectivity index (χ2n) is 10.8. The standard InChI is InChI=1S/C13H19N.C10H13F.C10H13N.C2H6/c1-11(2)12-6-5-7-13(10-12)14-8-3-4-9-14;1-7(2)9-5-4-8(3)10(11)6-9;1-8(2)10-5-3-9(7-11)4-6-10;1-2/h5-7,10-11H,3-4,8-9H2,1-2H3;4-7H,1-3H3;3,5,8H,4,6H2,1-2H3;1-2H3. The third-order valence-electron chi connectivity index (χ3n) is 6.94. The Hall–Kier alpha value is -2.86. The molecule has 2 aromatic rings. The zero-order valence-electron chi connectivity index (χ0n) is 25.4. The third kappa shape index (κ3) is 11.3. The van der Waals surface area contributed by atoms with E-state index in [2.05, 4.69) is 82.9 Å². The molecule has 2 aliphatic rings. The van der Waals surface area contributed by atoms with Crippen LogP contribution >= 0.6 is 0 Å². The summed E-state index contributed by atoms with van der Waals surface area (Å²) in [4.78, 5) is 2.49. The highest BCUT2D eigenvalue weighted by Gasteiger charge is 2.12. The van der Waals surface area contributed by atoms with Crippen molar-refractivity contribution in [3.63, 3.8) is 0 Å². The van der Waals surface area contributed by atoms with Gasteiger partial charge in [-0.2, -0.15) is 5.26 Å². The zero-order chi connectivity index (χ0) is 28.7. The SMILES string of the molecule is CC.CC(C)C1=CC=C(C#N)CC1.CC(C)c1cccc(N2CCCC2)c1.Cc1ccc(C(C)C)cc1F. The van der Waals surface area contributed by atoms with Crippen molar-refractivity contribution in [2.45, 2.75) is 99.8 Å². The van der Waals surface area contributed by atoms with Crippen molar-refractivity contribution in [3.8, 4) is 6.07 Å². The number of halogens is 1. The summed E-state index contributed by atoms with van der Waals surface area (Å²) in [5.41, 5.74) is 7.02. The van der Waals surface area contributed by atoms with E-state index in [9.17, 15) is 4.39 Å². The molecule has 2 aromatic carbocycles. The molecule has 2 nitrogen and oxygen atoms in total. The highest BCUT2D eigenvalue weighted by Crippen LogP contribution is 2.25. The van der Waals surface area contributed by atoms with Crippen LogP contribution in [0.5, 0.6) is 0 Å². The Morgan fingerprint density at radius 2 is 1.39 bits per heavy atom. The van der Waals surface area contributed by atoms with Crippen molar-refractivity contribution in [2.75, 3.05) is 18.0 Å². The van der Waals surface area contributed by atoms with Gasteiger partial charge in [0, 0.05) is 24.4 Å². The number of aryl methyl sites for hydroxylation is 1. The molecule has 0 bridgehead atoms. The molecule has 1 aliphatic carbocycles. The number of allylic oxidation sites excluding steroid dienone is 4. The van der Waals surface area contributed by atoms with Gasteiger partial charge < -0.3 is 4.90 Å². The molecule has 0 unspecified atom stereocenters. The van der Waals surface area contributed by atoms with Crippen LogP contribution < -0.4 is 4.90 Å². The van der Waals surface area contributed by atoms with Crippen LogP contribution in [0, 0.1) is 30.0 Å². The second kappa shape index (κ2) is 17.6. The van der Waals surface area contributed by atoms with E-state index < -0.39 is 0 Å². The summed E-state index contributed by atoms with van der Waals surface area (Å²) in [5.74, 6) is 1.57. The normalized spacial score (nSPS) is 14.4. The summed E-state index contributed by atoms with van der Waals surface area (Å²) in [6.07, 6.45) is 8.74. The molecule has 0 radical (unpaired) electrons. The minimum atomic E-state index is -0.101. The monoisotopic (exact) mass is 518 g/mol. The summed E-state index contributed by atoms with van der Waals surface area (Å²) >= 11 is 0. The Kier molecular flexibility index (Phi) is 15.4. The van der Waals surface area contributed by atoms with Gasteiger partial charge in [0.25, 0.3) is 0 Å². The molecule has 3 heteroatoms. The van der Waals surface area contributed by atoms with Crippen LogP contribution in [0.1, 0.15) is 110 Å². The molecular formula is C35H51FN2. The fourth-order valence-corrected chi connectivity index (χ4v) is 4.25. The maximum atomic E-state index is 12.9. The number of rotatable bonds is 4. The maximum absolute atomic E-state index is 12.9. The number of nitrogens with zero attached hydrogens (tertiary/aromatic N) is 2. The molecule has 1 heterocycles. The lowest BCUT2D eigenvalue weighted by Crippen LogP contribution is -2.17. The highest BCUT2D eigenvalue weighted by atomic mass is 19.1. The second-order valence-corrected chi connectivity index (χ2v) is 10.8. The van der Waals surface area contributed by atoms with E-state index in [1.807, 2.05) is 32.1 Å². The lowest BCUT2D eigenvalue weighted by Gasteiger charge is -2.19. The van der Waals surface area contributed by atoms with E-state index in [1.54, 1.807) is 13.0 Å². The van der Waals surface area contributed by atoms with Gasteiger partial charge in [0.15, 0.2) is 0 Å². The first-order valence-electron chi connectivity index (χ1n) is 14.5. The van der Waals surface area contributed by atoms with Gasteiger partial charge in [-0.3, -0.25) is 0 Å². The number of hydrogen-bond acceptors (Lipinski definition) is 2. The van der Waals surface area contributed by atoms with Gasteiger partial charge in [-0.1, -0.05) is 91.3 Å². The molecule has 0 saturated carbocycles. The summed E-state index contributed by atoms with van der Waals surface area (Å²) < 4.78 is 12.9. The first kappa shape index (κ1) is 33.2. The number of nitriles is 1. The van der Waals surface area contributed by atoms with E-state index in [4.69, 9.17) is 5.26 Å². The predicted molar refractivity (Wildman–Crippen MR) is 164 cm³/mol. The van der Waals surface area contributed by atoms with Crippen molar-refractivity contribution in [1.29, 1.82) is 5.26 Å². The van der Waals surface area contributed by atoms with E-state index in [1.165, 1.54) is 42.8 Å². The molecular weight excluding hydrogens is 467 g/mol. The number of anilines is 1. The Bertz CT molecular complexity index is 1060. The minimum absolute atomic E-state index is 0.101. The molecule has 38 heavy (non-hydrogen) atoms. The van der Waals surface area contributed by atoms with Crippen molar-refractivity contribution in [1.82, 2.24) is 0 Å². The molecule has 1 saturated heterocycles. The minimum Gasteiger partial charge on any atom is -0.372 e. The molecule has 0 spiro atoms. The molecule has 0 N–H and O–H groups in total. The third-order valence-corrected chi connectivity index (χ3v) is 6.94. The fraction of sp³-hybridized carbons (Fsp3) is 0.514. The van der Waals surface area contributed by atoms with Gasteiger partial charge in [0.1, 0.15) is 5.82 Å². The van der Waals surface area contributed by atoms with E-state index in [0.717, 1.165) is 29.5 Å². The number of benzene rings is 2. The Morgan fingerprint density at radius 3 is 1.87 bits per heavy atom. The maximum Gasteiger partial charge on any atom is 0.126 e. The summed E-state index contributed by atoms with van der Waals surface area (Å²) in [6.45, 7) is 21.3. The first-order valence-corrected chi connectivity index (χ1v) is 14.5. The van der Waals surface area contributed by atoms with Crippen molar-refractivity contribution in [2.24, 2.45) is 5.92 Å². The van der Waals surface area contributed by atoms with Crippen molar-refractivity contribution >= 4 is 5.69 Å². The van der Waals surface area contributed by atoms with Crippen LogP contribution in [0.4, 0.5) is 10.1 Å². The molecule has 208 valence electrons. The highest BCUT2D eigenvalue weighted by molar-refractivity contribution is 5.49. The quantitative estimate of drug-likeness (QED) is 0.402. The van der Waals surface area contributed by atoms with Crippen LogP contribution in [0.3, 0.4) is 0 Å². The van der Waals surface area contributed by atoms with Gasteiger partial charge in [-0.15, -0.1) is 0 Å². The van der Waals surface area contributed by atoms with Crippen LogP contribution in [0.15, 0.2) is 65.8 Å². The van der Waals surface area contributed by atoms with Gasteiger partial charge in [0.05, 0.1) is 6.07 Å². The van der Waals surface area contributed by atoms with E-state index in [-0.39, 0.29) is 5.82 Å².